The van der Waals surface area contributed by atoms with Gasteiger partial charge in [-0.15, -0.1) is 10.2 Å². The second-order valence-electron chi connectivity index (χ2n) is 4.27. The lowest BCUT2D eigenvalue weighted by atomic mass is 10.4. The van der Waals surface area contributed by atoms with Crippen LogP contribution in [-0.2, 0) is 19.3 Å². The Hall–Kier alpha value is -1.41. The molecule has 8 heteroatoms. The van der Waals surface area contributed by atoms with Crippen molar-refractivity contribution >= 4 is 11.8 Å². The van der Waals surface area contributed by atoms with Crippen LogP contribution in [-0.4, -0.2) is 24.9 Å². The second-order valence-corrected chi connectivity index (χ2v) is 5.22. The molecule has 0 aromatic carbocycles. The van der Waals surface area contributed by atoms with Crippen LogP contribution in [0.1, 0.15) is 36.3 Å². The van der Waals surface area contributed by atoms with Crippen LogP contribution in [0.5, 0.6) is 0 Å². The molecule has 7 nitrogen and oxygen atoms in total. The summed E-state index contributed by atoms with van der Waals surface area (Å²) in [6, 6.07) is 0. The number of hydrogen-bond donors (Lipinski definition) is 1. The number of nitrogens with two attached hydrogens (primary N) is 1. The Bertz CT molecular complexity index is 546. The maximum absolute atomic E-state index is 5.54. The summed E-state index contributed by atoms with van der Waals surface area (Å²) >= 11 is 1.53. The quantitative estimate of drug-likeness (QED) is 0.800. The van der Waals surface area contributed by atoms with E-state index in [0.29, 0.717) is 24.0 Å². The molecule has 1 fully saturated rings. The van der Waals surface area contributed by atoms with Crippen molar-refractivity contribution in [3.63, 3.8) is 0 Å². The van der Waals surface area contributed by atoms with Gasteiger partial charge in [0.2, 0.25) is 5.89 Å². The molecule has 2 heterocycles. The lowest BCUT2D eigenvalue weighted by Gasteiger charge is -1.99. The first-order valence-electron chi connectivity index (χ1n) is 5.81. The Morgan fingerprint density at radius 1 is 1.44 bits per heavy atom. The normalized spacial score (nSPS) is 15.2. The summed E-state index contributed by atoms with van der Waals surface area (Å²) < 4.78 is 7.08. The SMILES string of the molecule is Cn1c(CN)nnc1SCc1noc(C2CC2)n1. The highest BCUT2D eigenvalue weighted by Crippen LogP contribution is 2.39. The molecule has 0 radical (unpaired) electrons. The van der Waals surface area contributed by atoms with Crippen LogP contribution in [0.2, 0.25) is 0 Å². The molecule has 0 bridgehead atoms. The van der Waals surface area contributed by atoms with Crippen molar-refractivity contribution in [1.82, 2.24) is 24.9 Å². The largest absolute Gasteiger partial charge is 0.339 e. The third kappa shape index (κ3) is 2.25. The van der Waals surface area contributed by atoms with Crippen LogP contribution in [0.15, 0.2) is 9.68 Å². The van der Waals surface area contributed by atoms with Gasteiger partial charge in [-0.2, -0.15) is 4.98 Å². The van der Waals surface area contributed by atoms with Crippen molar-refractivity contribution in [2.24, 2.45) is 12.8 Å². The Kier molecular flexibility index (Phi) is 3.04. The summed E-state index contributed by atoms with van der Waals surface area (Å²) in [5.74, 6) is 3.37. The number of nitrogens with zero attached hydrogens (tertiary/aromatic N) is 5. The first kappa shape index (κ1) is 11.7. The van der Waals surface area contributed by atoms with Gasteiger partial charge >= 0.3 is 0 Å². The van der Waals surface area contributed by atoms with Crippen molar-refractivity contribution in [3.8, 4) is 0 Å². The number of aromatic nitrogens is 5. The summed E-state index contributed by atoms with van der Waals surface area (Å²) in [6.07, 6.45) is 2.33. The van der Waals surface area contributed by atoms with E-state index in [0.717, 1.165) is 29.7 Å². The van der Waals surface area contributed by atoms with E-state index >= 15 is 0 Å². The lowest BCUT2D eigenvalue weighted by Crippen LogP contribution is -2.05. The van der Waals surface area contributed by atoms with E-state index in [2.05, 4.69) is 20.3 Å². The molecule has 96 valence electrons. The van der Waals surface area contributed by atoms with Crippen LogP contribution in [0.25, 0.3) is 0 Å². The van der Waals surface area contributed by atoms with E-state index in [9.17, 15) is 0 Å². The molecule has 0 atom stereocenters. The second kappa shape index (κ2) is 4.69. The molecule has 2 N–H and O–H groups in total. The fourth-order valence-electron chi connectivity index (χ4n) is 1.60. The van der Waals surface area contributed by atoms with Gasteiger partial charge in [0.05, 0.1) is 12.3 Å². The summed E-state index contributed by atoms with van der Waals surface area (Å²) in [5.41, 5.74) is 5.54. The summed E-state index contributed by atoms with van der Waals surface area (Å²) in [5, 5.41) is 12.8. The lowest BCUT2D eigenvalue weighted by molar-refractivity contribution is 0.375. The number of rotatable bonds is 5. The minimum atomic E-state index is 0.387. The van der Waals surface area contributed by atoms with Gasteiger partial charge in [0.25, 0.3) is 0 Å². The standard InChI is InChI=1S/C10H14N6OS/c1-16-8(4-11)13-14-10(16)18-5-7-12-9(17-15-7)6-2-3-6/h6H,2-5,11H2,1H3. The average Bonchev–Trinajstić information content (AvgIpc) is 3.02. The third-order valence-corrected chi connectivity index (χ3v) is 3.86. The number of hydrogen-bond acceptors (Lipinski definition) is 7. The van der Waals surface area contributed by atoms with Crippen molar-refractivity contribution in [2.75, 3.05) is 0 Å². The van der Waals surface area contributed by atoms with Crippen LogP contribution < -0.4 is 5.73 Å². The first-order valence-corrected chi connectivity index (χ1v) is 6.80. The first-order chi connectivity index (χ1) is 8.78. The predicted molar refractivity (Wildman–Crippen MR) is 64.7 cm³/mol. The molecule has 18 heavy (non-hydrogen) atoms. The van der Waals surface area contributed by atoms with Crippen molar-refractivity contribution in [3.05, 3.63) is 17.5 Å². The fourth-order valence-corrected chi connectivity index (χ4v) is 2.37. The summed E-state index contributed by atoms with van der Waals surface area (Å²) in [6.45, 7) is 0.387. The van der Waals surface area contributed by atoms with E-state index in [4.69, 9.17) is 10.3 Å². The van der Waals surface area contributed by atoms with E-state index in [1.54, 1.807) is 0 Å². The highest BCUT2D eigenvalue weighted by atomic mass is 32.2. The zero-order valence-electron chi connectivity index (χ0n) is 10.0. The van der Waals surface area contributed by atoms with E-state index < -0.39 is 0 Å². The molecule has 1 aliphatic rings. The average molecular weight is 266 g/mol. The maximum Gasteiger partial charge on any atom is 0.229 e. The molecule has 0 amide bonds. The molecule has 2 aromatic rings. The molecule has 0 unspecified atom stereocenters. The highest BCUT2D eigenvalue weighted by molar-refractivity contribution is 7.98. The van der Waals surface area contributed by atoms with Gasteiger partial charge < -0.3 is 14.8 Å². The molecule has 3 rings (SSSR count). The molecule has 1 aliphatic carbocycles. The monoisotopic (exact) mass is 266 g/mol. The molecular weight excluding hydrogens is 252 g/mol. The van der Waals surface area contributed by atoms with Gasteiger partial charge in [-0.1, -0.05) is 16.9 Å². The van der Waals surface area contributed by atoms with Gasteiger partial charge in [0, 0.05) is 13.0 Å². The molecule has 0 saturated heterocycles. The van der Waals surface area contributed by atoms with Crippen molar-refractivity contribution in [2.45, 2.75) is 36.2 Å². The predicted octanol–water partition coefficient (Wildman–Crippen LogP) is 0.826. The van der Waals surface area contributed by atoms with Crippen LogP contribution in [0.4, 0.5) is 0 Å². The van der Waals surface area contributed by atoms with Crippen LogP contribution in [0, 0.1) is 0 Å². The molecule has 0 spiro atoms. The topological polar surface area (TPSA) is 95.7 Å². The maximum atomic E-state index is 5.54. The van der Waals surface area contributed by atoms with Gasteiger partial charge in [0.1, 0.15) is 5.82 Å². The van der Waals surface area contributed by atoms with Crippen LogP contribution in [0.3, 0.4) is 0 Å². The molecular formula is C10H14N6OS. The van der Waals surface area contributed by atoms with Crippen molar-refractivity contribution in [1.29, 1.82) is 0 Å². The van der Waals surface area contributed by atoms with E-state index in [-0.39, 0.29) is 0 Å². The zero-order chi connectivity index (χ0) is 12.5. The number of thioether (sulfide) groups is 1. The van der Waals surface area contributed by atoms with Crippen molar-refractivity contribution < 1.29 is 4.52 Å². The third-order valence-electron chi connectivity index (χ3n) is 2.85. The van der Waals surface area contributed by atoms with E-state index in [1.165, 1.54) is 11.8 Å². The van der Waals surface area contributed by atoms with Gasteiger partial charge in [-0.25, -0.2) is 0 Å². The van der Waals surface area contributed by atoms with E-state index in [1.807, 2.05) is 11.6 Å². The highest BCUT2D eigenvalue weighted by Gasteiger charge is 2.29. The smallest absolute Gasteiger partial charge is 0.229 e. The minimum Gasteiger partial charge on any atom is -0.339 e. The summed E-state index contributed by atoms with van der Waals surface area (Å²) in [7, 11) is 1.90. The molecule has 2 aromatic heterocycles. The van der Waals surface area contributed by atoms with Gasteiger partial charge in [0.15, 0.2) is 11.0 Å². The molecule has 0 aliphatic heterocycles. The van der Waals surface area contributed by atoms with Gasteiger partial charge in [-0.05, 0) is 12.8 Å². The fraction of sp³-hybridized carbons (Fsp3) is 0.600. The molecule has 1 saturated carbocycles. The Balaban J connectivity index is 1.63. The minimum absolute atomic E-state index is 0.387. The van der Waals surface area contributed by atoms with Crippen LogP contribution >= 0.6 is 11.8 Å². The Morgan fingerprint density at radius 3 is 2.94 bits per heavy atom. The van der Waals surface area contributed by atoms with Gasteiger partial charge in [-0.3, -0.25) is 0 Å². The summed E-state index contributed by atoms with van der Waals surface area (Å²) in [4.78, 5) is 4.36. The Morgan fingerprint density at radius 2 is 2.28 bits per heavy atom. The Labute approximate surface area is 108 Å². The zero-order valence-corrected chi connectivity index (χ0v) is 10.9.